The summed E-state index contributed by atoms with van der Waals surface area (Å²) in [6.07, 6.45) is 1.73. The van der Waals surface area contributed by atoms with Gasteiger partial charge in [-0.2, -0.15) is 0 Å². The summed E-state index contributed by atoms with van der Waals surface area (Å²) in [6, 6.07) is 17.4. The number of hydrogen-bond donors (Lipinski definition) is 0. The number of benzene rings is 3. The summed E-state index contributed by atoms with van der Waals surface area (Å²) in [4.78, 5) is 29.3. The SMILES string of the molecule is CCCOc1ccc(C2c3c(oc4ccc(Cl)cc4c3=O)C(=O)N2c2ccc(CC)cc2)cc1OCC. The predicted molar refractivity (Wildman–Crippen MR) is 145 cm³/mol. The lowest BCUT2D eigenvalue weighted by molar-refractivity contribution is 0.0971. The van der Waals surface area contributed by atoms with Crippen molar-refractivity contribution in [2.45, 2.75) is 39.7 Å². The first-order valence-corrected chi connectivity index (χ1v) is 12.9. The molecule has 7 heteroatoms. The number of carbonyl (C=O) groups is 1. The summed E-state index contributed by atoms with van der Waals surface area (Å²) in [6.45, 7) is 7.01. The highest BCUT2D eigenvalue weighted by Crippen LogP contribution is 2.43. The fourth-order valence-electron chi connectivity index (χ4n) is 4.71. The van der Waals surface area contributed by atoms with E-state index in [9.17, 15) is 9.59 Å². The Labute approximate surface area is 220 Å². The van der Waals surface area contributed by atoms with Gasteiger partial charge in [-0.15, -0.1) is 0 Å². The Morgan fingerprint density at radius 2 is 1.70 bits per heavy atom. The van der Waals surface area contributed by atoms with Crippen molar-refractivity contribution in [3.8, 4) is 11.5 Å². The number of nitrogens with zero attached hydrogens (tertiary/aromatic N) is 1. The van der Waals surface area contributed by atoms with Gasteiger partial charge in [0.05, 0.1) is 30.2 Å². The fourth-order valence-corrected chi connectivity index (χ4v) is 4.89. The van der Waals surface area contributed by atoms with E-state index in [1.807, 2.05) is 56.3 Å². The van der Waals surface area contributed by atoms with Gasteiger partial charge in [-0.25, -0.2) is 0 Å². The van der Waals surface area contributed by atoms with Crippen molar-refractivity contribution in [2.24, 2.45) is 0 Å². The second-order valence-corrected chi connectivity index (χ2v) is 9.34. The van der Waals surface area contributed by atoms with E-state index >= 15 is 0 Å². The first kappa shape index (κ1) is 24.9. The van der Waals surface area contributed by atoms with Crippen LogP contribution in [0.1, 0.15) is 60.5 Å². The topological polar surface area (TPSA) is 69.0 Å². The number of anilines is 1. The Bertz CT molecular complexity index is 1530. The van der Waals surface area contributed by atoms with Crippen molar-refractivity contribution in [2.75, 3.05) is 18.1 Å². The average Bonchev–Trinajstić information content (AvgIpc) is 3.21. The molecular weight excluding hydrogens is 490 g/mol. The lowest BCUT2D eigenvalue weighted by Crippen LogP contribution is -2.29. The number of amides is 1. The molecule has 4 aromatic rings. The zero-order valence-electron chi connectivity index (χ0n) is 21.0. The molecule has 5 rings (SSSR count). The minimum Gasteiger partial charge on any atom is -0.490 e. The average molecular weight is 518 g/mol. The first-order chi connectivity index (χ1) is 18.0. The Kier molecular flexibility index (Phi) is 6.94. The first-order valence-electron chi connectivity index (χ1n) is 12.5. The molecule has 0 aliphatic carbocycles. The van der Waals surface area contributed by atoms with E-state index in [1.165, 1.54) is 0 Å². The van der Waals surface area contributed by atoms with Gasteiger partial charge in [-0.1, -0.05) is 43.6 Å². The van der Waals surface area contributed by atoms with Crippen LogP contribution in [-0.2, 0) is 6.42 Å². The van der Waals surface area contributed by atoms with Gasteiger partial charge in [0.1, 0.15) is 5.58 Å². The molecule has 0 fully saturated rings. The zero-order chi connectivity index (χ0) is 26.1. The number of aryl methyl sites for hydroxylation is 1. The van der Waals surface area contributed by atoms with Crippen LogP contribution < -0.4 is 19.8 Å². The van der Waals surface area contributed by atoms with E-state index in [-0.39, 0.29) is 22.7 Å². The molecule has 1 aliphatic heterocycles. The second-order valence-electron chi connectivity index (χ2n) is 8.90. The number of fused-ring (bicyclic) bond motifs is 2. The van der Waals surface area contributed by atoms with Crippen LogP contribution >= 0.6 is 11.6 Å². The maximum atomic E-state index is 13.8. The fraction of sp³-hybridized carbons (Fsp3) is 0.267. The molecule has 1 unspecified atom stereocenters. The molecule has 0 radical (unpaired) electrons. The summed E-state index contributed by atoms with van der Waals surface area (Å²) in [7, 11) is 0. The summed E-state index contributed by atoms with van der Waals surface area (Å²) < 4.78 is 17.8. The molecule has 0 N–H and O–H groups in total. The lowest BCUT2D eigenvalue weighted by Gasteiger charge is -2.26. The van der Waals surface area contributed by atoms with Gasteiger partial charge in [0.15, 0.2) is 16.9 Å². The highest BCUT2D eigenvalue weighted by molar-refractivity contribution is 6.31. The molecule has 2 heterocycles. The maximum absolute atomic E-state index is 13.8. The van der Waals surface area contributed by atoms with E-state index in [2.05, 4.69) is 6.92 Å². The summed E-state index contributed by atoms with van der Waals surface area (Å²) >= 11 is 6.20. The van der Waals surface area contributed by atoms with Gasteiger partial charge in [0.25, 0.3) is 5.91 Å². The van der Waals surface area contributed by atoms with Gasteiger partial charge in [0.2, 0.25) is 5.76 Å². The number of carbonyl (C=O) groups excluding carboxylic acids is 1. The number of hydrogen-bond acceptors (Lipinski definition) is 5. The van der Waals surface area contributed by atoms with Crippen LogP contribution in [0.15, 0.2) is 69.9 Å². The highest BCUT2D eigenvalue weighted by atomic mass is 35.5. The van der Waals surface area contributed by atoms with Crippen LogP contribution in [0.3, 0.4) is 0 Å². The third-order valence-corrected chi connectivity index (χ3v) is 6.74. The third-order valence-electron chi connectivity index (χ3n) is 6.50. The number of rotatable bonds is 8. The molecular formula is C30H28ClNO5. The van der Waals surface area contributed by atoms with Crippen LogP contribution in [0.4, 0.5) is 5.69 Å². The van der Waals surface area contributed by atoms with Gasteiger partial charge in [-0.3, -0.25) is 14.5 Å². The van der Waals surface area contributed by atoms with Crippen molar-refractivity contribution in [1.82, 2.24) is 0 Å². The normalized spacial score (nSPS) is 14.8. The molecule has 0 saturated heterocycles. The molecule has 6 nitrogen and oxygen atoms in total. The molecule has 0 saturated carbocycles. The zero-order valence-corrected chi connectivity index (χ0v) is 21.8. The molecule has 0 spiro atoms. The maximum Gasteiger partial charge on any atom is 0.295 e. The van der Waals surface area contributed by atoms with Crippen LogP contribution in [0.5, 0.6) is 11.5 Å². The molecule has 3 aromatic carbocycles. The Morgan fingerprint density at radius 3 is 2.41 bits per heavy atom. The molecule has 0 bridgehead atoms. The number of halogens is 1. The van der Waals surface area contributed by atoms with Crippen LogP contribution in [0.2, 0.25) is 5.02 Å². The van der Waals surface area contributed by atoms with Gasteiger partial charge < -0.3 is 13.9 Å². The van der Waals surface area contributed by atoms with Gasteiger partial charge in [-0.05, 0) is 73.4 Å². The summed E-state index contributed by atoms with van der Waals surface area (Å²) in [5, 5.41) is 0.754. The molecule has 190 valence electrons. The largest absolute Gasteiger partial charge is 0.490 e. The van der Waals surface area contributed by atoms with E-state index < -0.39 is 6.04 Å². The molecule has 1 amide bonds. The Hall–Kier alpha value is -3.77. The standard InChI is InChI=1S/C30H28ClNO5/c1-4-15-36-24-13-9-19(16-25(24)35-6-3)27-26-28(33)22-17-20(31)10-14-23(22)37-29(26)30(34)32(27)21-11-7-18(5-2)8-12-21/h7-14,16-17,27H,4-6,15H2,1-3H3. The van der Waals surface area contributed by atoms with Crippen LogP contribution in [0, 0.1) is 0 Å². The van der Waals surface area contributed by atoms with Crippen LogP contribution in [-0.4, -0.2) is 19.1 Å². The monoisotopic (exact) mass is 517 g/mol. The summed E-state index contributed by atoms with van der Waals surface area (Å²) in [5.41, 5.74) is 2.85. The van der Waals surface area contributed by atoms with E-state index in [4.69, 9.17) is 25.5 Å². The van der Waals surface area contributed by atoms with Crippen molar-refractivity contribution >= 4 is 34.2 Å². The van der Waals surface area contributed by atoms with Crippen molar-refractivity contribution < 1.29 is 18.7 Å². The third kappa shape index (κ3) is 4.46. The van der Waals surface area contributed by atoms with E-state index in [0.717, 1.165) is 18.4 Å². The molecule has 1 atom stereocenters. The predicted octanol–water partition coefficient (Wildman–Crippen LogP) is 6.95. The summed E-state index contributed by atoms with van der Waals surface area (Å²) in [5.74, 6) is 0.841. The Morgan fingerprint density at radius 1 is 0.919 bits per heavy atom. The van der Waals surface area contributed by atoms with E-state index in [1.54, 1.807) is 23.1 Å². The second kappa shape index (κ2) is 10.3. The quantitative estimate of drug-likeness (QED) is 0.253. The smallest absolute Gasteiger partial charge is 0.295 e. The van der Waals surface area contributed by atoms with Crippen LogP contribution in [0.25, 0.3) is 11.0 Å². The van der Waals surface area contributed by atoms with Crippen molar-refractivity contribution in [3.05, 3.63) is 98.4 Å². The minimum atomic E-state index is -0.714. The van der Waals surface area contributed by atoms with Crippen molar-refractivity contribution in [3.63, 3.8) is 0 Å². The number of ether oxygens (including phenoxy) is 2. The Balaban J connectivity index is 1.74. The van der Waals surface area contributed by atoms with Gasteiger partial charge in [0, 0.05) is 10.7 Å². The molecule has 1 aliphatic rings. The van der Waals surface area contributed by atoms with Crippen molar-refractivity contribution in [1.29, 1.82) is 0 Å². The molecule has 37 heavy (non-hydrogen) atoms. The lowest BCUT2D eigenvalue weighted by atomic mass is 9.97. The van der Waals surface area contributed by atoms with Gasteiger partial charge >= 0.3 is 0 Å². The molecule has 1 aromatic heterocycles. The minimum absolute atomic E-state index is 0.0358. The highest BCUT2D eigenvalue weighted by Gasteiger charge is 2.44. The van der Waals surface area contributed by atoms with E-state index in [0.29, 0.717) is 52.0 Å².